The number of benzene rings is 1. The summed E-state index contributed by atoms with van der Waals surface area (Å²) in [6.07, 6.45) is 5.07. The first-order valence-corrected chi connectivity index (χ1v) is 13.1. The van der Waals surface area contributed by atoms with Crippen LogP contribution < -0.4 is 5.32 Å². The number of pyridine rings is 1. The van der Waals surface area contributed by atoms with Gasteiger partial charge < -0.3 is 19.7 Å². The summed E-state index contributed by atoms with van der Waals surface area (Å²) >= 11 is 0. The van der Waals surface area contributed by atoms with Crippen molar-refractivity contribution >= 4 is 30.6 Å². The molecule has 0 radical (unpaired) electrons. The molecule has 0 aliphatic rings. The molecule has 2 aromatic heterocycles. The van der Waals surface area contributed by atoms with E-state index in [1.54, 1.807) is 6.20 Å². The van der Waals surface area contributed by atoms with E-state index in [9.17, 15) is 9.90 Å². The third kappa shape index (κ3) is 4.99. The standard InChI is InChI=1S/C21H27N3O3Si/c1-28(2,3)12-11-27-15-24-10-8-16-5-4-6-17(20(16)24)13-23-19-14-22-9-7-18(19)21(25)26/h4-10,14,23H,11-13,15H2,1-3H3,(H,25,26). The van der Waals surface area contributed by atoms with Crippen molar-refractivity contribution in [1.82, 2.24) is 9.55 Å². The van der Waals surface area contributed by atoms with Crippen LogP contribution in [0.1, 0.15) is 15.9 Å². The summed E-state index contributed by atoms with van der Waals surface area (Å²) in [7, 11) is -1.11. The molecule has 28 heavy (non-hydrogen) atoms. The van der Waals surface area contributed by atoms with E-state index in [0.29, 0.717) is 19.0 Å². The summed E-state index contributed by atoms with van der Waals surface area (Å²) in [4.78, 5) is 15.4. The minimum absolute atomic E-state index is 0.215. The van der Waals surface area contributed by atoms with Gasteiger partial charge in [-0.3, -0.25) is 4.98 Å². The fourth-order valence-corrected chi connectivity index (χ4v) is 3.80. The minimum Gasteiger partial charge on any atom is -0.478 e. The van der Waals surface area contributed by atoms with Crippen LogP contribution in [0, 0.1) is 0 Å². The molecular formula is C21H27N3O3Si. The maximum atomic E-state index is 11.4. The molecule has 0 bridgehead atoms. The normalized spacial score (nSPS) is 11.7. The molecule has 2 heterocycles. The van der Waals surface area contributed by atoms with Crippen LogP contribution in [0.3, 0.4) is 0 Å². The Bertz CT molecular complexity index is 963. The van der Waals surface area contributed by atoms with Crippen molar-refractivity contribution in [2.24, 2.45) is 0 Å². The number of carbonyl (C=O) groups is 1. The molecule has 0 aliphatic carbocycles. The number of carboxylic acid groups (broad SMARTS) is 1. The largest absolute Gasteiger partial charge is 0.478 e. The number of ether oxygens (including phenoxy) is 1. The fourth-order valence-electron chi connectivity index (χ4n) is 3.04. The third-order valence-corrected chi connectivity index (χ3v) is 6.32. The molecule has 0 unspecified atom stereocenters. The number of nitrogens with zero attached hydrogens (tertiary/aromatic N) is 2. The molecule has 3 aromatic rings. The molecule has 0 saturated carbocycles. The van der Waals surface area contributed by atoms with E-state index in [1.165, 1.54) is 12.3 Å². The quantitative estimate of drug-likeness (QED) is 0.406. The van der Waals surface area contributed by atoms with Gasteiger partial charge in [0.25, 0.3) is 0 Å². The predicted molar refractivity (Wildman–Crippen MR) is 115 cm³/mol. The lowest BCUT2D eigenvalue weighted by atomic mass is 10.1. The number of hydrogen-bond acceptors (Lipinski definition) is 4. The monoisotopic (exact) mass is 397 g/mol. The first-order valence-electron chi connectivity index (χ1n) is 9.41. The van der Waals surface area contributed by atoms with E-state index < -0.39 is 14.0 Å². The Morgan fingerprint density at radius 3 is 2.82 bits per heavy atom. The molecule has 7 heteroatoms. The molecular weight excluding hydrogens is 370 g/mol. The van der Waals surface area contributed by atoms with Crippen LogP contribution in [0.15, 0.2) is 48.9 Å². The summed E-state index contributed by atoms with van der Waals surface area (Å²) < 4.78 is 8.03. The van der Waals surface area contributed by atoms with Gasteiger partial charge in [-0.2, -0.15) is 0 Å². The second-order valence-corrected chi connectivity index (χ2v) is 13.7. The van der Waals surface area contributed by atoms with Crippen LogP contribution >= 0.6 is 0 Å². The zero-order valence-electron chi connectivity index (χ0n) is 16.6. The number of carboxylic acids is 1. The van der Waals surface area contributed by atoms with Gasteiger partial charge in [0.05, 0.1) is 23.0 Å². The average molecular weight is 398 g/mol. The number of rotatable bonds is 9. The molecule has 2 N–H and O–H groups in total. The van der Waals surface area contributed by atoms with Gasteiger partial charge in [0.2, 0.25) is 0 Å². The molecule has 0 fully saturated rings. The number of hydrogen-bond donors (Lipinski definition) is 2. The molecule has 0 spiro atoms. The van der Waals surface area contributed by atoms with Crippen molar-refractivity contribution in [3.05, 3.63) is 60.0 Å². The second-order valence-electron chi connectivity index (χ2n) is 8.07. The first kappa shape index (κ1) is 20.1. The van der Waals surface area contributed by atoms with E-state index in [0.717, 1.165) is 29.1 Å². The Hall–Kier alpha value is -2.64. The highest BCUT2D eigenvalue weighted by Crippen LogP contribution is 2.23. The summed E-state index contributed by atoms with van der Waals surface area (Å²) in [5.74, 6) is -0.970. The summed E-state index contributed by atoms with van der Waals surface area (Å²) in [5, 5.41) is 13.7. The van der Waals surface area contributed by atoms with Crippen molar-refractivity contribution in [2.75, 3.05) is 11.9 Å². The zero-order valence-corrected chi connectivity index (χ0v) is 17.6. The van der Waals surface area contributed by atoms with Crippen LogP contribution in [0.5, 0.6) is 0 Å². The van der Waals surface area contributed by atoms with Crippen LogP contribution in [0.4, 0.5) is 5.69 Å². The van der Waals surface area contributed by atoms with E-state index in [4.69, 9.17) is 4.74 Å². The summed E-state index contributed by atoms with van der Waals surface area (Å²) in [6.45, 7) is 8.81. The molecule has 148 valence electrons. The lowest BCUT2D eigenvalue weighted by Gasteiger charge is -2.16. The first-order chi connectivity index (χ1) is 13.3. The van der Waals surface area contributed by atoms with Gasteiger partial charge in [-0.05, 0) is 29.1 Å². The SMILES string of the molecule is C[Si](C)(C)CCOCn1ccc2cccc(CNc3cnccc3C(=O)O)c21. The van der Waals surface area contributed by atoms with Gasteiger partial charge in [-0.25, -0.2) is 4.79 Å². The number of nitrogens with one attached hydrogen (secondary N) is 1. The van der Waals surface area contributed by atoms with Gasteiger partial charge in [0, 0.05) is 33.6 Å². The zero-order chi connectivity index (χ0) is 20.1. The number of anilines is 1. The third-order valence-electron chi connectivity index (χ3n) is 4.62. The highest BCUT2D eigenvalue weighted by molar-refractivity contribution is 6.76. The molecule has 0 atom stereocenters. The minimum atomic E-state index is -1.11. The smallest absolute Gasteiger partial charge is 0.337 e. The van der Waals surface area contributed by atoms with Crippen molar-refractivity contribution in [3.8, 4) is 0 Å². The number of aromatic carboxylic acids is 1. The molecule has 3 rings (SSSR count). The molecule has 0 aliphatic heterocycles. The maximum absolute atomic E-state index is 11.4. The van der Waals surface area contributed by atoms with Crippen LogP contribution in [0.25, 0.3) is 10.9 Å². The van der Waals surface area contributed by atoms with Crippen molar-refractivity contribution in [2.45, 2.75) is 39.0 Å². The van der Waals surface area contributed by atoms with Gasteiger partial charge in [0.15, 0.2) is 0 Å². The average Bonchev–Trinajstić information content (AvgIpc) is 3.07. The van der Waals surface area contributed by atoms with E-state index >= 15 is 0 Å². The van der Waals surface area contributed by atoms with Crippen molar-refractivity contribution in [3.63, 3.8) is 0 Å². The molecule has 6 nitrogen and oxygen atoms in total. The Kier molecular flexibility index (Phi) is 6.16. The Balaban J connectivity index is 1.75. The number of para-hydroxylation sites is 1. The highest BCUT2D eigenvalue weighted by Gasteiger charge is 2.13. The lowest BCUT2D eigenvalue weighted by molar-refractivity contribution is 0.0697. The topological polar surface area (TPSA) is 76.4 Å². The van der Waals surface area contributed by atoms with Gasteiger partial charge in [0.1, 0.15) is 6.73 Å². The highest BCUT2D eigenvalue weighted by atomic mass is 28.3. The van der Waals surface area contributed by atoms with E-state index in [2.05, 4.69) is 46.6 Å². The van der Waals surface area contributed by atoms with Crippen molar-refractivity contribution in [1.29, 1.82) is 0 Å². The van der Waals surface area contributed by atoms with Crippen molar-refractivity contribution < 1.29 is 14.6 Å². The summed E-state index contributed by atoms with van der Waals surface area (Å²) in [5.41, 5.74) is 2.91. The Labute approximate surface area is 166 Å². The molecule has 1 aromatic carbocycles. The van der Waals surface area contributed by atoms with Gasteiger partial charge in [-0.15, -0.1) is 0 Å². The number of fused-ring (bicyclic) bond motifs is 1. The molecule has 0 amide bonds. The molecule has 0 saturated heterocycles. The predicted octanol–water partition coefficient (Wildman–Crippen LogP) is 4.66. The fraction of sp³-hybridized carbons (Fsp3) is 0.333. The lowest BCUT2D eigenvalue weighted by Crippen LogP contribution is -2.22. The Morgan fingerprint density at radius 1 is 1.25 bits per heavy atom. The van der Waals surface area contributed by atoms with Crippen LogP contribution in [-0.2, 0) is 18.0 Å². The van der Waals surface area contributed by atoms with Gasteiger partial charge >= 0.3 is 5.97 Å². The van der Waals surface area contributed by atoms with Crippen LogP contribution in [-0.4, -0.2) is 35.3 Å². The van der Waals surface area contributed by atoms with Gasteiger partial charge in [-0.1, -0.05) is 37.8 Å². The summed E-state index contributed by atoms with van der Waals surface area (Å²) in [6, 6.07) is 10.8. The van der Waals surface area contributed by atoms with E-state index in [1.807, 2.05) is 18.3 Å². The Morgan fingerprint density at radius 2 is 2.07 bits per heavy atom. The number of aromatic nitrogens is 2. The maximum Gasteiger partial charge on any atom is 0.337 e. The van der Waals surface area contributed by atoms with E-state index in [-0.39, 0.29) is 5.56 Å². The van der Waals surface area contributed by atoms with Crippen LogP contribution in [0.2, 0.25) is 25.7 Å². The second kappa shape index (κ2) is 8.58.